The summed E-state index contributed by atoms with van der Waals surface area (Å²) in [7, 11) is 0. The van der Waals surface area contributed by atoms with Crippen molar-refractivity contribution in [2.45, 2.75) is 32.4 Å². The average molecular weight is 306 g/mol. The normalized spacial score (nSPS) is 21.5. The van der Waals surface area contributed by atoms with E-state index in [9.17, 15) is 9.90 Å². The molecule has 6 heteroatoms. The molecule has 0 unspecified atom stereocenters. The highest BCUT2D eigenvalue weighted by Crippen LogP contribution is 2.13. The second-order valence-electron chi connectivity index (χ2n) is 5.93. The maximum atomic E-state index is 12.1. The first-order valence-corrected chi connectivity index (χ1v) is 7.92. The zero-order chi connectivity index (χ0) is 15.9. The third-order valence-corrected chi connectivity index (χ3v) is 3.99. The Morgan fingerprint density at radius 1 is 1.45 bits per heavy atom. The minimum atomic E-state index is -0.310. The summed E-state index contributed by atoms with van der Waals surface area (Å²) in [6.45, 7) is 7.70. The van der Waals surface area contributed by atoms with E-state index in [0.29, 0.717) is 19.1 Å². The van der Waals surface area contributed by atoms with Gasteiger partial charge in [0.05, 0.1) is 12.6 Å². The number of amides is 1. The van der Waals surface area contributed by atoms with E-state index in [1.165, 1.54) is 0 Å². The van der Waals surface area contributed by atoms with Crippen molar-refractivity contribution in [2.75, 3.05) is 38.0 Å². The second-order valence-corrected chi connectivity index (χ2v) is 5.93. The Morgan fingerprint density at radius 2 is 2.18 bits per heavy atom. The number of nitrogens with one attached hydrogen (secondary N) is 1. The topological polar surface area (TPSA) is 68.7 Å². The molecule has 0 spiro atoms. The molecule has 0 aliphatic carbocycles. The van der Waals surface area contributed by atoms with Crippen LogP contribution in [0.15, 0.2) is 24.5 Å². The predicted octanol–water partition coefficient (Wildman–Crippen LogP) is 0.797. The Morgan fingerprint density at radius 3 is 2.82 bits per heavy atom. The number of pyridine rings is 1. The zero-order valence-corrected chi connectivity index (χ0v) is 13.4. The van der Waals surface area contributed by atoms with E-state index in [1.54, 1.807) is 24.5 Å². The molecule has 1 saturated heterocycles. The molecule has 1 aromatic rings. The first-order valence-electron chi connectivity index (χ1n) is 7.92. The van der Waals surface area contributed by atoms with Crippen molar-refractivity contribution in [3.8, 4) is 0 Å². The zero-order valence-electron chi connectivity index (χ0n) is 13.4. The van der Waals surface area contributed by atoms with Gasteiger partial charge in [-0.05, 0) is 25.5 Å². The molecule has 122 valence electrons. The number of piperazine rings is 1. The minimum absolute atomic E-state index is 0.00466. The Kier molecular flexibility index (Phi) is 6.30. The van der Waals surface area contributed by atoms with Gasteiger partial charge in [0, 0.05) is 50.3 Å². The van der Waals surface area contributed by atoms with Crippen LogP contribution in [0.1, 0.15) is 20.3 Å². The number of aliphatic hydroxyl groups is 1. The smallest absolute Gasteiger partial charge is 0.238 e. The van der Waals surface area contributed by atoms with E-state index < -0.39 is 0 Å². The number of aliphatic hydroxyl groups excluding tert-OH is 1. The van der Waals surface area contributed by atoms with Gasteiger partial charge in [0.25, 0.3) is 0 Å². The number of hydrogen-bond acceptors (Lipinski definition) is 5. The molecule has 2 heterocycles. The Labute approximate surface area is 132 Å². The van der Waals surface area contributed by atoms with E-state index in [-0.39, 0.29) is 12.0 Å². The molecule has 1 fully saturated rings. The highest BCUT2D eigenvalue weighted by Gasteiger charge is 2.27. The van der Waals surface area contributed by atoms with Gasteiger partial charge in [-0.2, -0.15) is 0 Å². The van der Waals surface area contributed by atoms with Crippen LogP contribution in [0.5, 0.6) is 0 Å². The largest absolute Gasteiger partial charge is 0.392 e. The summed E-state index contributed by atoms with van der Waals surface area (Å²) in [4.78, 5) is 20.5. The van der Waals surface area contributed by atoms with Gasteiger partial charge in [-0.3, -0.25) is 19.6 Å². The van der Waals surface area contributed by atoms with Crippen LogP contribution in [0.3, 0.4) is 0 Å². The van der Waals surface area contributed by atoms with Crippen molar-refractivity contribution < 1.29 is 9.90 Å². The lowest BCUT2D eigenvalue weighted by Crippen LogP contribution is -2.55. The van der Waals surface area contributed by atoms with Crippen molar-refractivity contribution in [2.24, 2.45) is 0 Å². The fraction of sp³-hybridized carbons (Fsp3) is 0.625. The molecular formula is C16H26N4O2. The van der Waals surface area contributed by atoms with Crippen LogP contribution in [0.4, 0.5) is 5.69 Å². The van der Waals surface area contributed by atoms with Crippen molar-refractivity contribution in [3.63, 3.8) is 0 Å². The number of aromatic nitrogens is 1. The summed E-state index contributed by atoms with van der Waals surface area (Å²) < 4.78 is 0. The van der Waals surface area contributed by atoms with E-state index in [0.717, 1.165) is 31.7 Å². The van der Waals surface area contributed by atoms with Crippen LogP contribution >= 0.6 is 0 Å². The molecule has 22 heavy (non-hydrogen) atoms. The molecule has 1 aromatic heterocycles. The maximum Gasteiger partial charge on any atom is 0.238 e. The molecule has 1 aliphatic heterocycles. The molecular weight excluding hydrogens is 280 g/mol. The highest BCUT2D eigenvalue weighted by molar-refractivity contribution is 5.92. The van der Waals surface area contributed by atoms with Gasteiger partial charge in [-0.25, -0.2) is 0 Å². The predicted molar refractivity (Wildman–Crippen MR) is 86.6 cm³/mol. The van der Waals surface area contributed by atoms with E-state index in [1.807, 2.05) is 6.92 Å². The molecule has 1 amide bonds. The molecule has 2 rings (SSSR count). The van der Waals surface area contributed by atoms with Crippen LogP contribution in [-0.4, -0.2) is 70.7 Å². The van der Waals surface area contributed by atoms with Crippen LogP contribution in [0.2, 0.25) is 0 Å². The van der Waals surface area contributed by atoms with Gasteiger partial charge in [-0.1, -0.05) is 6.92 Å². The number of nitrogens with zero attached hydrogens (tertiary/aromatic N) is 3. The van der Waals surface area contributed by atoms with Crippen molar-refractivity contribution in [1.29, 1.82) is 0 Å². The highest BCUT2D eigenvalue weighted by atomic mass is 16.3. The standard InChI is InChI=1S/C16H26N4O2/c1-3-15-11-19(8-9-20(15)10-13(2)21)12-16(22)18-14-4-6-17-7-5-14/h4-7,13,15,21H,3,8-12H2,1-2H3,(H,17,18,22)/t13-,15+/m0/s1. The van der Waals surface area contributed by atoms with E-state index in [2.05, 4.69) is 27.0 Å². The maximum absolute atomic E-state index is 12.1. The summed E-state index contributed by atoms with van der Waals surface area (Å²) in [5, 5.41) is 12.5. The summed E-state index contributed by atoms with van der Waals surface area (Å²) in [6, 6.07) is 3.97. The lowest BCUT2D eigenvalue weighted by atomic mass is 10.1. The Bertz CT molecular complexity index is 466. The van der Waals surface area contributed by atoms with Crippen LogP contribution < -0.4 is 5.32 Å². The Hall–Kier alpha value is -1.50. The average Bonchev–Trinajstić information content (AvgIpc) is 2.49. The van der Waals surface area contributed by atoms with Crippen molar-refractivity contribution in [1.82, 2.24) is 14.8 Å². The molecule has 2 atom stereocenters. The fourth-order valence-corrected chi connectivity index (χ4v) is 2.91. The van der Waals surface area contributed by atoms with Gasteiger partial charge in [-0.15, -0.1) is 0 Å². The lowest BCUT2D eigenvalue weighted by molar-refractivity contribution is -0.118. The first kappa shape index (κ1) is 16.9. The lowest BCUT2D eigenvalue weighted by Gasteiger charge is -2.41. The number of carbonyl (C=O) groups excluding carboxylic acids is 1. The summed E-state index contributed by atoms with van der Waals surface area (Å²) in [5.41, 5.74) is 0.778. The minimum Gasteiger partial charge on any atom is -0.392 e. The van der Waals surface area contributed by atoms with Gasteiger partial charge >= 0.3 is 0 Å². The quantitative estimate of drug-likeness (QED) is 0.813. The van der Waals surface area contributed by atoms with Crippen molar-refractivity contribution >= 4 is 11.6 Å². The molecule has 0 bridgehead atoms. The van der Waals surface area contributed by atoms with E-state index in [4.69, 9.17) is 0 Å². The van der Waals surface area contributed by atoms with Crippen LogP contribution in [0, 0.1) is 0 Å². The molecule has 6 nitrogen and oxygen atoms in total. The number of carbonyl (C=O) groups is 1. The SMILES string of the molecule is CC[C@@H]1CN(CC(=O)Nc2ccncc2)CCN1C[C@H](C)O. The third-order valence-electron chi connectivity index (χ3n) is 3.99. The number of anilines is 1. The molecule has 2 N–H and O–H groups in total. The van der Waals surface area contributed by atoms with Gasteiger partial charge < -0.3 is 10.4 Å². The number of rotatable bonds is 6. The van der Waals surface area contributed by atoms with Gasteiger partial charge in [0.2, 0.25) is 5.91 Å². The molecule has 1 aliphatic rings. The third kappa shape index (κ3) is 5.05. The first-order chi connectivity index (χ1) is 10.6. The van der Waals surface area contributed by atoms with Crippen molar-refractivity contribution in [3.05, 3.63) is 24.5 Å². The molecule has 0 aromatic carbocycles. The monoisotopic (exact) mass is 306 g/mol. The summed E-state index contributed by atoms with van der Waals surface area (Å²) in [5.74, 6) is 0.00466. The fourth-order valence-electron chi connectivity index (χ4n) is 2.91. The second kappa shape index (κ2) is 8.22. The van der Waals surface area contributed by atoms with Gasteiger partial charge in [0.15, 0.2) is 0 Å². The number of hydrogen-bond donors (Lipinski definition) is 2. The van der Waals surface area contributed by atoms with E-state index >= 15 is 0 Å². The Balaban J connectivity index is 1.83. The van der Waals surface area contributed by atoms with Gasteiger partial charge in [0.1, 0.15) is 0 Å². The molecule has 0 saturated carbocycles. The molecule has 0 radical (unpaired) electrons. The number of β-amino-alcohol motifs (C(OH)–C–C–N with tert-alkyl or cyclic N) is 1. The van der Waals surface area contributed by atoms with Crippen LogP contribution in [-0.2, 0) is 4.79 Å². The summed E-state index contributed by atoms with van der Waals surface area (Å²) >= 11 is 0. The van der Waals surface area contributed by atoms with Crippen LogP contribution in [0.25, 0.3) is 0 Å². The summed E-state index contributed by atoms with van der Waals surface area (Å²) in [6.07, 6.45) is 4.04.